The van der Waals surface area contributed by atoms with Crippen LogP contribution in [0.2, 0.25) is 0 Å². The Bertz CT molecular complexity index is 2180. The van der Waals surface area contributed by atoms with E-state index in [1.165, 1.54) is 47.8 Å². The van der Waals surface area contributed by atoms with Gasteiger partial charge in [0.05, 0.1) is 15.9 Å². The van der Waals surface area contributed by atoms with Gasteiger partial charge >= 0.3 is 0 Å². The summed E-state index contributed by atoms with van der Waals surface area (Å²) in [6, 6.07) is 54.1. The number of aromatic nitrogens is 1. The first-order valence-corrected chi connectivity index (χ1v) is 15.0. The molecule has 2 aromatic heterocycles. The molecule has 0 aliphatic carbocycles. The van der Waals surface area contributed by atoms with Gasteiger partial charge in [-0.15, -0.1) is 11.3 Å². The quantitative estimate of drug-likeness (QED) is 0.210. The lowest BCUT2D eigenvalue weighted by atomic mass is 10.0. The number of anilines is 3. The zero-order valence-corrected chi connectivity index (χ0v) is 23.6. The van der Waals surface area contributed by atoms with Gasteiger partial charge in [-0.3, -0.25) is 4.98 Å². The molecule has 2 heterocycles. The minimum atomic E-state index is 1.04. The third-order valence-electron chi connectivity index (χ3n) is 7.91. The number of nitrogens with zero attached hydrogens (tertiary/aromatic N) is 2. The predicted octanol–water partition coefficient (Wildman–Crippen LogP) is 11.4. The molecule has 42 heavy (non-hydrogen) atoms. The lowest BCUT2D eigenvalue weighted by molar-refractivity contribution is 1.29. The zero-order chi connectivity index (χ0) is 27.9. The van der Waals surface area contributed by atoms with E-state index in [4.69, 9.17) is 4.98 Å². The lowest BCUT2D eigenvalue weighted by Gasteiger charge is -2.26. The topological polar surface area (TPSA) is 16.1 Å². The largest absolute Gasteiger partial charge is 0.309 e. The standard InChI is InChI=1S/C39H26N2S/c1-3-10-27(11-4-1)29-18-21-32(22-19-29)41(33-16-9-15-31(26-33)28-12-5-2-6-13-28)36-24-25-40-37-35-23-20-30-14-7-8-17-34(30)38(35)42-39(36)37/h1-26H. The van der Waals surface area contributed by atoms with E-state index in [-0.39, 0.29) is 0 Å². The Morgan fingerprint density at radius 2 is 1.12 bits per heavy atom. The molecule has 0 saturated carbocycles. The molecule has 0 fully saturated rings. The van der Waals surface area contributed by atoms with E-state index in [0.29, 0.717) is 0 Å². The fourth-order valence-corrected chi connectivity index (χ4v) is 7.16. The van der Waals surface area contributed by atoms with Crippen molar-refractivity contribution >= 4 is 59.5 Å². The van der Waals surface area contributed by atoms with Crippen LogP contribution in [0.4, 0.5) is 17.1 Å². The summed E-state index contributed by atoms with van der Waals surface area (Å²) in [6.45, 7) is 0. The van der Waals surface area contributed by atoms with E-state index in [1.54, 1.807) is 0 Å². The second-order valence-corrected chi connectivity index (χ2v) is 11.5. The van der Waals surface area contributed by atoms with Crippen LogP contribution in [0.3, 0.4) is 0 Å². The van der Waals surface area contributed by atoms with Gasteiger partial charge in [0.2, 0.25) is 0 Å². The van der Waals surface area contributed by atoms with Crippen molar-refractivity contribution in [2.75, 3.05) is 4.90 Å². The van der Waals surface area contributed by atoms with Crippen LogP contribution < -0.4 is 4.90 Å². The number of rotatable bonds is 5. The highest BCUT2D eigenvalue weighted by Gasteiger charge is 2.20. The summed E-state index contributed by atoms with van der Waals surface area (Å²) in [5.41, 5.74) is 9.19. The molecule has 0 N–H and O–H groups in total. The normalized spacial score (nSPS) is 11.3. The van der Waals surface area contributed by atoms with Crippen molar-refractivity contribution in [3.8, 4) is 22.3 Å². The summed E-state index contributed by atoms with van der Waals surface area (Å²) in [6.07, 6.45) is 1.95. The first kappa shape index (κ1) is 24.5. The van der Waals surface area contributed by atoms with Gasteiger partial charge in [0.1, 0.15) is 0 Å². The van der Waals surface area contributed by atoms with Gasteiger partial charge in [-0.1, -0.05) is 121 Å². The van der Waals surface area contributed by atoms with Gasteiger partial charge in [-0.25, -0.2) is 0 Å². The van der Waals surface area contributed by atoms with Crippen LogP contribution in [0.15, 0.2) is 158 Å². The lowest BCUT2D eigenvalue weighted by Crippen LogP contribution is -2.10. The van der Waals surface area contributed by atoms with Gasteiger partial charge in [0.15, 0.2) is 0 Å². The molecule has 3 heteroatoms. The van der Waals surface area contributed by atoms with Gasteiger partial charge in [-0.05, 0) is 63.4 Å². The molecular formula is C39H26N2S. The summed E-state index contributed by atoms with van der Waals surface area (Å²) in [5, 5.41) is 3.73. The number of benzene rings is 6. The van der Waals surface area contributed by atoms with Crippen LogP contribution in [0, 0.1) is 0 Å². The molecule has 2 nitrogen and oxygen atoms in total. The van der Waals surface area contributed by atoms with E-state index in [0.717, 1.165) is 22.6 Å². The molecular weight excluding hydrogens is 529 g/mol. The number of thiophene rings is 1. The third-order valence-corrected chi connectivity index (χ3v) is 9.16. The average Bonchev–Trinajstić information content (AvgIpc) is 3.46. The van der Waals surface area contributed by atoms with Gasteiger partial charge in [-0.2, -0.15) is 0 Å². The maximum Gasteiger partial charge on any atom is 0.0909 e. The van der Waals surface area contributed by atoms with Crippen molar-refractivity contribution in [1.29, 1.82) is 0 Å². The molecule has 0 atom stereocenters. The van der Waals surface area contributed by atoms with E-state index in [2.05, 4.69) is 157 Å². The van der Waals surface area contributed by atoms with Crippen molar-refractivity contribution < 1.29 is 0 Å². The molecule has 0 aliphatic rings. The monoisotopic (exact) mass is 554 g/mol. The number of hydrogen-bond acceptors (Lipinski definition) is 3. The van der Waals surface area contributed by atoms with Crippen LogP contribution in [-0.4, -0.2) is 4.98 Å². The van der Waals surface area contributed by atoms with Crippen molar-refractivity contribution in [1.82, 2.24) is 4.98 Å². The Kier molecular flexibility index (Phi) is 6.02. The molecule has 0 amide bonds. The molecule has 8 rings (SSSR count). The second-order valence-electron chi connectivity index (χ2n) is 10.4. The third kappa shape index (κ3) is 4.23. The maximum atomic E-state index is 4.91. The van der Waals surface area contributed by atoms with Gasteiger partial charge in [0.25, 0.3) is 0 Å². The van der Waals surface area contributed by atoms with Crippen LogP contribution in [0.5, 0.6) is 0 Å². The van der Waals surface area contributed by atoms with Crippen molar-refractivity contribution in [2.24, 2.45) is 0 Å². The highest BCUT2D eigenvalue weighted by molar-refractivity contribution is 7.27. The fraction of sp³-hybridized carbons (Fsp3) is 0. The first-order valence-electron chi connectivity index (χ1n) is 14.1. The summed E-state index contributed by atoms with van der Waals surface area (Å²) >= 11 is 1.83. The van der Waals surface area contributed by atoms with Gasteiger partial charge < -0.3 is 4.90 Å². The Hall–Kier alpha value is -5.25. The minimum absolute atomic E-state index is 1.04. The SMILES string of the molecule is c1ccc(-c2ccc(N(c3cccc(-c4ccccc4)c3)c3ccnc4c3sc3c5ccccc5ccc43)cc2)cc1. The zero-order valence-electron chi connectivity index (χ0n) is 22.8. The van der Waals surface area contributed by atoms with E-state index in [9.17, 15) is 0 Å². The van der Waals surface area contributed by atoms with E-state index < -0.39 is 0 Å². The van der Waals surface area contributed by atoms with Crippen LogP contribution in [-0.2, 0) is 0 Å². The van der Waals surface area contributed by atoms with E-state index in [1.807, 2.05) is 17.5 Å². The predicted molar refractivity (Wildman–Crippen MR) is 180 cm³/mol. The molecule has 0 radical (unpaired) electrons. The summed E-state index contributed by atoms with van der Waals surface area (Å²) in [7, 11) is 0. The fourth-order valence-electron chi connectivity index (χ4n) is 5.86. The van der Waals surface area contributed by atoms with Crippen LogP contribution in [0.25, 0.3) is 53.3 Å². The second kappa shape index (κ2) is 10.3. The molecule has 6 aromatic carbocycles. The molecule has 0 spiro atoms. The molecule has 198 valence electrons. The maximum absolute atomic E-state index is 4.91. The highest BCUT2D eigenvalue weighted by atomic mass is 32.1. The van der Waals surface area contributed by atoms with Gasteiger partial charge in [0, 0.05) is 27.7 Å². The highest BCUT2D eigenvalue weighted by Crippen LogP contribution is 2.46. The van der Waals surface area contributed by atoms with Crippen LogP contribution in [0.1, 0.15) is 0 Å². The Morgan fingerprint density at radius 1 is 0.452 bits per heavy atom. The Balaban J connectivity index is 1.35. The summed E-state index contributed by atoms with van der Waals surface area (Å²) in [5.74, 6) is 0. The Labute approximate surface area is 248 Å². The molecule has 0 bridgehead atoms. The molecule has 0 aliphatic heterocycles. The molecule has 0 saturated heterocycles. The van der Waals surface area contributed by atoms with Crippen molar-refractivity contribution in [3.63, 3.8) is 0 Å². The summed E-state index contributed by atoms with van der Waals surface area (Å²) < 4.78 is 2.46. The first-order chi connectivity index (χ1) is 20.8. The van der Waals surface area contributed by atoms with Crippen molar-refractivity contribution in [3.05, 3.63) is 158 Å². The van der Waals surface area contributed by atoms with Crippen LogP contribution >= 0.6 is 11.3 Å². The molecule has 8 aromatic rings. The van der Waals surface area contributed by atoms with E-state index >= 15 is 0 Å². The number of fused-ring (bicyclic) bond motifs is 5. The Morgan fingerprint density at radius 3 is 1.90 bits per heavy atom. The molecule has 0 unspecified atom stereocenters. The average molecular weight is 555 g/mol. The smallest absolute Gasteiger partial charge is 0.0909 e. The number of hydrogen-bond donors (Lipinski definition) is 0. The minimum Gasteiger partial charge on any atom is -0.309 e. The van der Waals surface area contributed by atoms with Crippen molar-refractivity contribution in [2.45, 2.75) is 0 Å². The number of pyridine rings is 1. The summed E-state index contributed by atoms with van der Waals surface area (Å²) in [4.78, 5) is 7.29.